The topological polar surface area (TPSA) is 36.4 Å². The van der Waals surface area contributed by atoms with Crippen LogP contribution in [0.4, 0.5) is 5.13 Å². The minimum atomic E-state index is 0.345. The fourth-order valence-electron chi connectivity index (χ4n) is 1.99. The SMILES string of the molecule is CCCN(CCN(C)C)c1nc(C(C)CC)c(C=O)s1. The van der Waals surface area contributed by atoms with Crippen molar-refractivity contribution in [2.45, 2.75) is 39.5 Å². The predicted molar refractivity (Wildman–Crippen MR) is 87.3 cm³/mol. The van der Waals surface area contributed by atoms with Gasteiger partial charge in [0.1, 0.15) is 0 Å². The summed E-state index contributed by atoms with van der Waals surface area (Å²) < 4.78 is 0. The van der Waals surface area contributed by atoms with Gasteiger partial charge in [0.25, 0.3) is 0 Å². The Morgan fingerprint density at radius 2 is 1.95 bits per heavy atom. The van der Waals surface area contributed by atoms with Crippen molar-refractivity contribution < 1.29 is 4.79 Å². The first kappa shape index (κ1) is 17.1. The zero-order valence-corrected chi connectivity index (χ0v) is 14.2. The van der Waals surface area contributed by atoms with Crippen LogP contribution in [0.2, 0.25) is 0 Å². The maximum absolute atomic E-state index is 11.3. The molecule has 0 spiro atoms. The molecule has 0 aliphatic rings. The van der Waals surface area contributed by atoms with Crippen molar-refractivity contribution in [2.75, 3.05) is 38.6 Å². The second kappa shape index (κ2) is 8.37. The summed E-state index contributed by atoms with van der Waals surface area (Å²) in [6, 6.07) is 0. The second-order valence-corrected chi connectivity index (χ2v) is 6.47. The number of nitrogens with zero attached hydrogens (tertiary/aromatic N) is 3. The van der Waals surface area contributed by atoms with E-state index in [0.29, 0.717) is 5.92 Å². The van der Waals surface area contributed by atoms with E-state index >= 15 is 0 Å². The normalized spacial score (nSPS) is 12.7. The highest BCUT2D eigenvalue weighted by Gasteiger charge is 2.18. The van der Waals surface area contributed by atoms with Crippen molar-refractivity contribution >= 4 is 22.8 Å². The first-order chi connectivity index (χ1) is 9.53. The van der Waals surface area contributed by atoms with Gasteiger partial charge in [-0.1, -0.05) is 32.1 Å². The van der Waals surface area contributed by atoms with E-state index in [1.807, 2.05) is 0 Å². The molecule has 114 valence electrons. The van der Waals surface area contributed by atoms with Crippen LogP contribution in [-0.2, 0) is 0 Å². The number of hydrogen-bond donors (Lipinski definition) is 0. The van der Waals surface area contributed by atoms with Crippen LogP contribution in [0.3, 0.4) is 0 Å². The summed E-state index contributed by atoms with van der Waals surface area (Å²) >= 11 is 1.53. The van der Waals surface area contributed by atoms with Gasteiger partial charge in [0.05, 0.1) is 10.6 Å². The van der Waals surface area contributed by atoms with Gasteiger partial charge in [-0.05, 0) is 32.9 Å². The Balaban J connectivity index is 2.95. The van der Waals surface area contributed by atoms with Crippen LogP contribution < -0.4 is 4.90 Å². The van der Waals surface area contributed by atoms with E-state index in [-0.39, 0.29) is 0 Å². The van der Waals surface area contributed by atoms with E-state index in [9.17, 15) is 4.79 Å². The number of aldehydes is 1. The molecule has 1 heterocycles. The molecule has 0 fully saturated rings. The molecule has 0 aliphatic carbocycles. The minimum absolute atomic E-state index is 0.345. The third-order valence-electron chi connectivity index (χ3n) is 3.44. The molecule has 1 rings (SSSR count). The summed E-state index contributed by atoms with van der Waals surface area (Å²) in [7, 11) is 4.15. The van der Waals surface area contributed by atoms with Crippen LogP contribution >= 0.6 is 11.3 Å². The Bertz CT molecular complexity index is 417. The highest BCUT2D eigenvalue weighted by atomic mass is 32.1. The van der Waals surface area contributed by atoms with Gasteiger partial charge >= 0.3 is 0 Å². The minimum Gasteiger partial charge on any atom is -0.347 e. The zero-order chi connectivity index (χ0) is 15.1. The average molecular weight is 297 g/mol. The van der Waals surface area contributed by atoms with Gasteiger partial charge < -0.3 is 9.80 Å². The molecule has 0 radical (unpaired) electrons. The lowest BCUT2D eigenvalue weighted by atomic mass is 10.0. The first-order valence-corrected chi connectivity index (χ1v) is 8.20. The van der Waals surface area contributed by atoms with Crippen LogP contribution in [0.25, 0.3) is 0 Å². The van der Waals surface area contributed by atoms with Crippen molar-refractivity contribution in [3.63, 3.8) is 0 Å². The summed E-state index contributed by atoms with van der Waals surface area (Å²) in [6.07, 6.45) is 3.05. The molecule has 1 aromatic rings. The van der Waals surface area contributed by atoms with Crippen LogP contribution in [0.5, 0.6) is 0 Å². The molecule has 4 nitrogen and oxygen atoms in total. The number of anilines is 1. The average Bonchev–Trinajstić information content (AvgIpc) is 2.86. The number of thiazole rings is 1. The molecule has 5 heteroatoms. The molecule has 0 saturated carbocycles. The van der Waals surface area contributed by atoms with Crippen molar-refractivity contribution in [3.05, 3.63) is 10.6 Å². The Hall–Kier alpha value is -0.940. The van der Waals surface area contributed by atoms with E-state index in [1.165, 1.54) is 11.3 Å². The Morgan fingerprint density at radius 1 is 1.25 bits per heavy atom. The molecule has 0 aliphatic heterocycles. The quantitative estimate of drug-likeness (QED) is 0.656. The lowest BCUT2D eigenvalue weighted by Crippen LogP contribution is -2.32. The molecule has 0 aromatic carbocycles. The van der Waals surface area contributed by atoms with Crippen LogP contribution in [0.15, 0.2) is 0 Å². The van der Waals surface area contributed by atoms with E-state index in [1.54, 1.807) is 0 Å². The molecule has 1 aromatic heterocycles. The highest BCUT2D eigenvalue weighted by Crippen LogP contribution is 2.31. The molecule has 1 atom stereocenters. The smallest absolute Gasteiger partial charge is 0.186 e. The summed E-state index contributed by atoms with van der Waals surface area (Å²) in [6.45, 7) is 9.37. The number of rotatable bonds is 9. The molecular weight excluding hydrogens is 270 g/mol. The maximum Gasteiger partial charge on any atom is 0.186 e. The van der Waals surface area contributed by atoms with Gasteiger partial charge in [0.2, 0.25) is 0 Å². The van der Waals surface area contributed by atoms with Gasteiger partial charge in [0.15, 0.2) is 11.4 Å². The number of carbonyl (C=O) groups excluding carboxylic acids is 1. The Labute approximate surface area is 126 Å². The lowest BCUT2D eigenvalue weighted by Gasteiger charge is -2.23. The molecule has 20 heavy (non-hydrogen) atoms. The van der Waals surface area contributed by atoms with Crippen molar-refractivity contribution in [1.29, 1.82) is 0 Å². The van der Waals surface area contributed by atoms with Crippen LogP contribution in [0, 0.1) is 0 Å². The highest BCUT2D eigenvalue weighted by molar-refractivity contribution is 7.17. The van der Waals surface area contributed by atoms with E-state index < -0.39 is 0 Å². The zero-order valence-electron chi connectivity index (χ0n) is 13.3. The van der Waals surface area contributed by atoms with Crippen molar-refractivity contribution in [1.82, 2.24) is 9.88 Å². The third kappa shape index (κ3) is 4.56. The summed E-state index contributed by atoms with van der Waals surface area (Å²) in [5, 5.41) is 0.992. The third-order valence-corrected chi connectivity index (χ3v) is 4.49. The molecule has 0 saturated heterocycles. The molecule has 0 bridgehead atoms. The fraction of sp³-hybridized carbons (Fsp3) is 0.733. The predicted octanol–water partition coefficient (Wildman–Crippen LogP) is 3.25. The number of hydrogen-bond acceptors (Lipinski definition) is 5. The summed E-state index contributed by atoms with van der Waals surface area (Å²) in [5.41, 5.74) is 0.966. The monoisotopic (exact) mass is 297 g/mol. The largest absolute Gasteiger partial charge is 0.347 e. The van der Waals surface area contributed by atoms with Gasteiger partial charge in [-0.15, -0.1) is 0 Å². The van der Waals surface area contributed by atoms with Gasteiger partial charge in [0, 0.05) is 19.6 Å². The summed E-state index contributed by atoms with van der Waals surface area (Å²) in [5.74, 6) is 0.345. The van der Waals surface area contributed by atoms with E-state index in [4.69, 9.17) is 4.98 Å². The van der Waals surface area contributed by atoms with Crippen molar-refractivity contribution in [2.24, 2.45) is 0 Å². The first-order valence-electron chi connectivity index (χ1n) is 7.39. The van der Waals surface area contributed by atoms with Crippen LogP contribution in [0.1, 0.15) is 54.9 Å². The summed E-state index contributed by atoms with van der Waals surface area (Å²) in [4.78, 5) is 21.3. The second-order valence-electron chi connectivity index (χ2n) is 5.46. The Kier molecular flexibility index (Phi) is 7.16. The van der Waals surface area contributed by atoms with Gasteiger partial charge in [-0.2, -0.15) is 0 Å². The molecule has 0 N–H and O–H groups in total. The molecule has 0 amide bonds. The lowest BCUT2D eigenvalue weighted by molar-refractivity contribution is 0.112. The standard InChI is InChI=1S/C15H27N3OS/c1-6-8-18(10-9-17(4)5)15-16-14(12(3)7-2)13(11-19)20-15/h11-12H,6-10H2,1-5H3. The van der Waals surface area contributed by atoms with E-state index in [0.717, 1.165) is 54.5 Å². The molecular formula is C15H27N3OS. The molecule has 1 unspecified atom stereocenters. The van der Waals surface area contributed by atoms with Crippen LogP contribution in [-0.4, -0.2) is 49.9 Å². The number of likely N-dealkylation sites (N-methyl/N-ethyl adjacent to an activating group) is 1. The number of carbonyl (C=O) groups is 1. The van der Waals surface area contributed by atoms with Crippen molar-refractivity contribution in [3.8, 4) is 0 Å². The Morgan fingerprint density at radius 3 is 2.45 bits per heavy atom. The fourth-order valence-corrected chi connectivity index (χ4v) is 3.04. The van der Waals surface area contributed by atoms with E-state index in [2.05, 4.69) is 44.7 Å². The van der Waals surface area contributed by atoms with Gasteiger partial charge in [-0.3, -0.25) is 4.79 Å². The van der Waals surface area contributed by atoms with Gasteiger partial charge in [-0.25, -0.2) is 4.98 Å². The maximum atomic E-state index is 11.3. The number of aromatic nitrogens is 1.